The molecule has 1 aliphatic rings. The molecule has 21 heavy (non-hydrogen) atoms. The van der Waals surface area contributed by atoms with Crippen molar-refractivity contribution in [2.75, 3.05) is 17.7 Å². The topological polar surface area (TPSA) is 49.8 Å². The molecule has 2 rings (SSSR count). The Balaban J connectivity index is 2.19. The van der Waals surface area contributed by atoms with E-state index in [4.69, 9.17) is 0 Å². The van der Waals surface area contributed by atoms with Gasteiger partial charge in [0.1, 0.15) is 11.6 Å². The number of anilines is 2. The van der Waals surface area contributed by atoms with E-state index in [2.05, 4.69) is 34.4 Å². The fraction of sp³-hybridized carbons (Fsp3) is 0.714. The van der Waals surface area contributed by atoms with Gasteiger partial charge in [-0.3, -0.25) is 0 Å². The lowest BCUT2D eigenvalue weighted by Gasteiger charge is -2.33. The molecule has 0 aromatic carbocycles. The van der Waals surface area contributed by atoms with Crippen molar-refractivity contribution >= 4 is 11.6 Å². The molecule has 2 N–H and O–H groups in total. The van der Waals surface area contributed by atoms with Crippen molar-refractivity contribution in [3.63, 3.8) is 0 Å². The Morgan fingerprint density at radius 1 is 1.14 bits per heavy atom. The monoisotopic (exact) mass is 302 g/mol. The molecule has 1 fully saturated rings. The average Bonchev–Trinajstić information content (AvgIpc) is 2.40. The third kappa shape index (κ3) is 3.98. The Kier molecular flexibility index (Phi) is 4.58. The molecule has 3 atom stereocenters. The van der Waals surface area contributed by atoms with Crippen LogP contribution in [0.1, 0.15) is 38.9 Å². The number of alkyl halides is 3. The molecule has 0 saturated heterocycles. The van der Waals surface area contributed by atoms with E-state index in [0.717, 1.165) is 19.3 Å². The number of rotatable bonds is 3. The highest BCUT2D eigenvalue weighted by atomic mass is 19.4. The molecular formula is C14H21F3N4. The lowest BCUT2D eigenvalue weighted by atomic mass is 9.80. The normalized spacial score (nSPS) is 26.5. The van der Waals surface area contributed by atoms with Crippen molar-refractivity contribution in [3.05, 3.63) is 11.9 Å². The predicted molar refractivity (Wildman–Crippen MR) is 76.2 cm³/mol. The van der Waals surface area contributed by atoms with Crippen molar-refractivity contribution in [2.45, 2.75) is 45.3 Å². The molecule has 118 valence electrons. The molecule has 1 heterocycles. The first-order valence-electron chi connectivity index (χ1n) is 7.20. The molecule has 1 aromatic heterocycles. The molecule has 1 saturated carbocycles. The van der Waals surface area contributed by atoms with Gasteiger partial charge in [0.2, 0.25) is 5.82 Å². The van der Waals surface area contributed by atoms with Crippen molar-refractivity contribution in [1.29, 1.82) is 0 Å². The zero-order valence-electron chi connectivity index (χ0n) is 12.5. The van der Waals surface area contributed by atoms with Crippen LogP contribution in [0.2, 0.25) is 0 Å². The third-order valence-corrected chi connectivity index (χ3v) is 4.00. The number of nitrogens with zero attached hydrogens (tertiary/aromatic N) is 2. The van der Waals surface area contributed by atoms with Gasteiger partial charge in [0, 0.05) is 19.2 Å². The van der Waals surface area contributed by atoms with Crippen molar-refractivity contribution in [1.82, 2.24) is 9.97 Å². The van der Waals surface area contributed by atoms with Crippen LogP contribution in [0.3, 0.4) is 0 Å². The smallest absolute Gasteiger partial charge is 0.373 e. The molecule has 0 amide bonds. The number of aromatic nitrogens is 2. The van der Waals surface area contributed by atoms with E-state index in [1.165, 1.54) is 13.1 Å². The van der Waals surface area contributed by atoms with E-state index in [9.17, 15) is 13.2 Å². The summed E-state index contributed by atoms with van der Waals surface area (Å²) in [5, 5.41) is 5.79. The van der Waals surface area contributed by atoms with Crippen molar-refractivity contribution in [2.24, 2.45) is 11.8 Å². The van der Waals surface area contributed by atoms with Gasteiger partial charge in [-0.1, -0.05) is 13.8 Å². The second kappa shape index (κ2) is 6.07. The highest BCUT2D eigenvalue weighted by Gasteiger charge is 2.36. The van der Waals surface area contributed by atoms with Crippen LogP contribution in [-0.2, 0) is 6.18 Å². The zero-order chi connectivity index (χ0) is 15.6. The van der Waals surface area contributed by atoms with Crippen molar-refractivity contribution in [3.8, 4) is 0 Å². The standard InChI is InChI=1S/C14H21F3N4/c1-8-4-5-10(9(2)6-8)19-12-7-11(18-3)20-13(21-12)14(15,16)17/h7-10H,4-6H2,1-3H3,(H2,18,19,20,21). The van der Waals surface area contributed by atoms with Crippen LogP contribution >= 0.6 is 0 Å². The van der Waals surface area contributed by atoms with Gasteiger partial charge in [0.25, 0.3) is 0 Å². The van der Waals surface area contributed by atoms with Gasteiger partial charge in [-0.15, -0.1) is 0 Å². The summed E-state index contributed by atoms with van der Waals surface area (Å²) in [6.07, 6.45) is -1.44. The molecule has 4 nitrogen and oxygen atoms in total. The Morgan fingerprint density at radius 2 is 1.81 bits per heavy atom. The largest absolute Gasteiger partial charge is 0.451 e. The Hall–Kier alpha value is -1.53. The minimum Gasteiger partial charge on any atom is -0.373 e. The summed E-state index contributed by atoms with van der Waals surface area (Å²) >= 11 is 0. The second-order valence-corrected chi connectivity index (χ2v) is 5.86. The summed E-state index contributed by atoms with van der Waals surface area (Å²) in [6, 6.07) is 1.67. The minimum atomic E-state index is -4.55. The summed E-state index contributed by atoms with van der Waals surface area (Å²) in [6.45, 7) is 4.33. The minimum absolute atomic E-state index is 0.155. The Bertz CT molecular complexity index is 490. The molecule has 1 aromatic rings. The molecular weight excluding hydrogens is 281 g/mol. The van der Waals surface area contributed by atoms with Crippen LogP contribution in [0.15, 0.2) is 6.07 Å². The predicted octanol–water partition coefficient (Wildman–Crippen LogP) is 3.77. The average molecular weight is 302 g/mol. The van der Waals surface area contributed by atoms with E-state index in [-0.39, 0.29) is 17.7 Å². The first-order chi connectivity index (χ1) is 9.79. The zero-order valence-corrected chi connectivity index (χ0v) is 12.5. The van der Waals surface area contributed by atoms with E-state index in [1.54, 1.807) is 0 Å². The van der Waals surface area contributed by atoms with Crippen LogP contribution in [-0.4, -0.2) is 23.1 Å². The fourth-order valence-corrected chi connectivity index (χ4v) is 2.85. The number of nitrogens with one attached hydrogen (secondary N) is 2. The van der Waals surface area contributed by atoms with E-state index >= 15 is 0 Å². The van der Waals surface area contributed by atoms with Gasteiger partial charge >= 0.3 is 6.18 Å². The highest BCUT2D eigenvalue weighted by Crippen LogP contribution is 2.32. The van der Waals surface area contributed by atoms with Gasteiger partial charge < -0.3 is 10.6 Å². The molecule has 1 aliphatic carbocycles. The lowest BCUT2D eigenvalue weighted by Crippen LogP contribution is -2.33. The van der Waals surface area contributed by atoms with E-state index in [1.807, 2.05) is 0 Å². The van der Waals surface area contributed by atoms with E-state index < -0.39 is 12.0 Å². The first-order valence-corrected chi connectivity index (χ1v) is 7.20. The maximum atomic E-state index is 12.8. The summed E-state index contributed by atoms with van der Waals surface area (Å²) < 4.78 is 38.4. The number of hydrogen-bond acceptors (Lipinski definition) is 4. The van der Waals surface area contributed by atoms with Crippen LogP contribution in [0.5, 0.6) is 0 Å². The highest BCUT2D eigenvalue weighted by molar-refractivity contribution is 5.48. The van der Waals surface area contributed by atoms with Crippen LogP contribution in [0.4, 0.5) is 24.8 Å². The SMILES string of the molecule is CNc1cc(NC2CCC(C)CC2C)nc(C(F)(F)F)n1. The summed E-state index contributed by atoms with van der Waals surface area (Å²) in [5.74, 6) is 0.358. The molecule has 3 unspecified atom stereocenters. The van der Waals surface area contributed by atoms with Gasteiger partial charge in [-0.05, 0) is 31.1 Å². The summed E-state index contributed by atoms with van der Waals surface area (Å²) in [4.78, 5) is 7.07. The third-order valence-electron chi connectivity index (χ3n) is 4.00. The molecule has 0 radical (unpaired) electrons. The molecule has 0 aliphatic heterocycles. The fourth-order valence-electron chi connectivity index (χ4n) is 2.85. The van der Waals surface area contributed by atoms with Gasteiger partial charge in [-0.2, -0.15) is 13.2 Å². The van der Waals surface area contributed by atoms with Gasteiger partial charge in [0.05, 0.1) is 0 Å². The summed E-state index contributed by atoms with van der Waals surface area (Å²) in [7, 11) is 1.54. The maximum absolute atomic E-state index is 12.8. The lowest BCUT2D eigenvalue weighted by molar-refractivity contribution is -0.144. The van der Waals surface area contributed by atoms with E-state index in [0.29, 0.717) is 11.8 Å². The molecule has 7 heteroatoms. The second-order valence-electron chi connectivity index (χ2n) is 5.86. The van der Waals surface area contributed by atoms with Crippen LogP contribution in [0.25, 0.3) is 0 Å². The van der Waals surface area contributed by atoms with Crippen molar-refractivity contribution < 1.29 is 13.2 Å². The molecule has 0 spiro atoms. The van der Waals surface area contributed by atoms with Gasteiger partial charge in [-0.25, -0.2) is 9.97 Å². The summed E-state index contributed by atoms with van der Waals surface area (Å²) in [5.41, 5.74) is 0. The number of hydrogen-bond donors (Lipinski definition) is 2. The van der Waals surface area contributed by atoms with Gasteiger partial charge in [0.15, 0.2) is 0 Å². The maximum Gasteiger partial charge on any atom is 0.451 e. The Labute approximate surface area is 122 Å². The quantitative estimate of drug-likeness (QED) is 0.892. The first kappa shape index (κ1) is 15.9. The Morgan fingerprint density at radius 3 is 2.38 bits per heavy atom. The molecule has 0 bridgehead atoms. The number of halogens is 3. The van der Waals surface area contributed by atoms with Crippen LogP contribution in [0, 0.1) is 11.8 Å². The van der Waals surface area contributed by atoms with Crippen LogP contribution < -0.4 is 10.6 Å².